The van der Waals surface area contributed by atoms with Gasteiger partial charge in [-0.25, -0.2) is 0 Å². The summed E-state index contributed by atoms with van der Waals surface area (Å²) in [5.41, 5.74) is 0. The monoisotopic (exact) mass is 395 g/mol. The summed E-state index contributed by atoms with van der Waals surface area (Å²) in [7, 11) is 5.49. The number of nitrogens with zero attached hydrogens (tertiary/aromatic N) is 3. The third-order valence-electron chi connectivity index (χ3n) is 5.75. The summed E-state index contributed by atoms with van der Waals surface area (Å²) in [6, 6.07) is 0.0663. The molecule has 1 heterocycles. The number of likely N-dealkylation sites (tertiary alicyclic amines) is 1. The molecule has 1 aliphatic heterocycles. The Morgan fingerprint density at radius 1 is 1.07 bits per heavy atom. The number of aliphatic imine (C=N–C) groups is 1. The molecule has 2 rings (SSSR count). The molecule has 0 spiro atoms. The number of amides is 1. The first-order valence-electron chi connectivity index (χ1n) is 11.1. The van der Waals surface area contributed by atoms with Gasteiger partial charge in [-0.1, -0.05) is 19.3 Å². The van der Waals surface area contributed by atoms with Crippen molar-refractivity contribution >= 4 is 11.9 Å². The van der Waals surface area contributed by atoms with Crippen LogP contribution in [-0.2, 0) is 9.53 Å². The standard InChI is InChI=1S/C21H41N5O2/c1-22-21(24-14-9-17-28-18-10-5-4-6-11-18)23-13-8-16-26-15-7-12-19(26)20(27)25(2)3/h18-19H,4-17H2,1-3H3,(H2,22,23,24). The van der Waals surface area contributed by atoms with Gasteiger partial charge in [0.1, 0.15) is 0 Å². The van der Waals surface area contributed by atoms with Gasteiger partial charge in [0.25, 0.3) is 0 Å². The minimum atomic E-state index is 0.0663. The molecule has 2 aliphatic rings. The van der Waals surface area contributed by atoms with E-state index < -0.39 is 0 Å². The van der Waals surface area contributed by atoms with Gasteiger partial charge in [-0.2, -0.15) is 0 Å². The van der Waals surface area contributed by atoms with Gasteiger partial charge in [-0.05, 0) is 45.1 Å². The van der Waals surface area contributed by atoms with Gasteiger partial charge >= 0.3 is 0 Å². The molecule has 0 radical (unpaired) electrons. The van der Waals surface area contributed by atoms with E-state index in [1.165, 1.54) is 32.1 Å². The summed E-state index contributed by atoms with van der Waals surface area (Å²) in [6.45, 7) is 4.53. The SMILES string of the molecule is CN=C(NCCCOC1CCCCC1)NCCCN1CCCC1C(=O)N(C)C. The molecule has 0 aromatic rings. The van der Waals surface area contributed by atoms with E-state index in [0.717, 1.165) is 64.4 Å². The fraction of sp³-hybridized carbons (Fsp3) is 0.905. The fourth-order valence-corrected chi connectivity index (χ4v) is 4.14. The van der Waals surface area contributed by atoms with Crippen molar-refractivity contribution in [1.82, 2.24) is 20.4 Å². The Kier molecular flexibility index (Phi) is 10.6. The van der Waals surface area contributed by atoms with Crippen molar-refractivity contribution in [2.75, 3.05) is 53.9 Å². The number of carbonyl (C=O) groups is 1. The first kappa shape index (κ1) is 22.9. The summed E-state index contributed by atoms with van der Waals surface area (Å²) in [4.78, 5) is 20.6. The zero-order chi connectivity index (χ0) is 20.2. The maximum atomic E-state index is 12.2. The summed E-state index contributed by atoms with van der Waals surface area (Å²) >= 11 is 0. The fourth-order valence-electron chi connectivity index (χ4n) is 4.14. The van der Waals surface area contributed by atoms with E-state index in [2.05, 4.69) is 20.5 Å². The molecule has 1 amide bonds. The van der Waals surface area contributed by atoms with E-state index >= 15 is 0 Å². The Labute approximate surface area is 171 Å². The van der Waals surface area contributed by atoms with Crippen molar-refractivity contribution in [2.45, 2.75) is 69.9 Å². The van der Waals surface area contributed by atoms with E-state index in [-0.39, 0.29) is 11.9 Å². The summed E-state index contributed by atoms with van der Waals surface area (Å²) < 4.78 is 5.96. The van der Waals surface area contributed by atoms with Crippen LogP contribution in [0.1, 0.15) is 57.8 Å². The number of likely N-dealkylation sites (N-methyl/N-ethyl adjacent to an activating group) is 1. The van der Waals surface area contributed by atoms with Crippen molar-refractivity contribution in [3.8, 4) is 0 Å². The lowest BCUT2D eigenvalue weighted by Gasteiger charge is -2.26. The normalized spacial score (nSPS) is 21.7. The number of nitrogens with one attached hydrogen (secondary N) is 2. The highest BCUT2D eigenvalue weighted by Crippen LogP contribution is 2.20. The predicted molar refractivity (Wildman–Crippen MR) is 115 cm³/mol. The second kappa shape index (κ2) is 13.0. The largest absolute Gasteiger partial charge is 0.378 e. The zero-order valence-corrected chi connectivity index (χ0v) is 18.2. The van der Waals surface area contributed by atoms with Crippen LogP contribution in [0.2, 0.25) is 0 Å². The van der Waals surface area contributed by atoms with Crippen LogP contribution < -0.4 is 10.6 Å². The summed E-state index contributed by atoms with van der Waals surface area (Å²) in [5, 5.41) is 6.74. The number of guanidine groups is 1. The number of rotatable bonds is 10. The third kappa shape index (κ3) is 7.95. The van der Waals surface area contributed by atoms with Crippen LogP contribution in [0.5, 0.6) is 0 Å². The minimum absolute atomic E-state index is 0.0663. The minimum Gasteiger partial charge on any atom is -0.378 e. The van der Waals surface area contributed by atoms with Crippen LogP contribution in [0.3, 0.4) is 0 Å². The Bertz CT molecular complexity index is 477. The number of hydrogen-bond acceptors (Lipinski definition) is 4. The first-order chi connectivity index (χ1) is 13.6. The van der Waals surface area contributed by atoms with Gasteiger partial charge in [-0.15, -0.1) is 0 Å². The van der Waals surface area contributed by atoms with E-state index in [4.69, 9.17) is 4.74 Å². The average Bonchev–Trinajstić information content (AvgIpc) is 3.17. The molecule has 1 saturated heterocycles. The maximum absolute atomic E-state index is 12.2. The lowest BCUT2D eigenvalue weighted by Crippen LogP contribution is -2.44. The molecule has 1 atom stereocenters. The smallest absolute Gasteiger partial charge is 0.239 e. The Morgan fingerprint density at radius 3 is 2.46 bits per heavy atom. The number of carbonyl (C=O) groups excluding carboxylic acids is 1. The van der Waals surface area contributed by atoms with Gasteiger partial charge in [-0.3, -0.25) is 14.7 Å². The van der Waals surface area contributed by atoms with Gasteiger partial charge < -0.3 is 20.3 Å². The highest BCUT2D eigenvalue weighted by Gasteiger charge is 2.30. The molecular formula is C21H41N5O2. The van der Waals surface area contributed by atoms with Crippen LogP contribution in [0, 0.1) is 0 Å². The second-order valence-electron chi connectivity index (χ2n) is 8.19. The third-order valence-corrected chi connectivity index (χ3v) is 5.75. The molecule has 0 bridgehead atoms. The Morgan fingerprint density at radius 2 is 1.79 bits per heavy atom. The van der Waals surface area contributed by atoms with E-state index in [1.54, 1.807) is 11.9 Å². The quantitative estimate of drug-likeness (QED) is 0.336. The summed E-state index contributed by atoms with van der Waals surface area (Å²) in [5.74, 6) is 1.08. The second-order valence-corrected chi connectivity index (χ2v) is 8.19. The van der Waals surface area contributed by atoms with Crippen LogP contribution >= 0.6 is 0 Å². The lowest BCUT2D eigenvalue weighted by atomic mass is 9.98. The average molecular weight is 396 g/mol. The van der Waals surface area contributed by atoms with Gasteiger partial charge in [0, 0.05) is 47.4 Å². The molecule has 2 fully saturated rings. The van der Waals surface area contributed by atoms with Crippen molar-refractivity contribution < 1.29 is 9.53 Å². The van der Waals surface area contributed by atoms with E-state index in [9.17, 15) is 4.79 Å². The Balaban J connectivity index is 1.52. The van der Waals surface area contributed by atoms with E-state index in [1.807, 2.05) is 14.1 Å². The molecule has 2 N–H and O–H groups in total. The molecule has 1 unspecified atom stereocenters. The predicted octanol–water partition coefficient (Wildman–Crippen LogP) is 1.83. The number of hydrogen-bond donors (Lipinski definition) is 2. The number of ether oxygens (including phenoxy) is 1. The van der Waals surface area contributed by atoms with Crippen molar-refractivity contribution in [3.05, 3.63) is 0 Å². The molecule has 1 aliphatic carbocycles. The molecule has 7 nitrogen and oxygen atoms in total. The molecule has 0 aromatic carbocycles. The van der Waals surface area contributed by atoms with Gasteiger partial charge in [0.15, 0.2) is 5.96 Å². The molecule has 28 heavy (non-hydrogen) atoms. The molecule has 1 saturated carbocycles. The van der Waals surface area contributed by atoms with Gasteiger partial charge in [0.05, 0.1) is 12.1 Å². The topological polar surface area (TPSA) is 69.2 Å². The van der Waals surface area contributed by atoms with Gasteiger partial charge in [0.2, 0.25) is 5.91 Å². The zero-order valence-electron chi connectivity index (χ0n) is 18.2. The Hall–Kier alpha value is -1.34. The van der Waals surface area contributed by atoms with Crippen LogP contribution in [0.4, 0.5) is 0 Å². The van der Waals surface area contributed by atoms with Crippen LogP contribution in [-0.4, -0.2) is 87.7 Å². The van der Waals surface area contributed by atoms with E-state index in [0.29, 0.717) is 6.10 Å². The lowest BCUT2D eigenvalue weighted by molar-refractivity contribution is -0.133. The highest BCUT2D eigenvalue weighted by molar-refractivity contribution is 5.81. The molecule has 0 aromatic heterocycles. The molecular weight excluding hydrogens is 354 g/mol. The van der Waals surface area contributed by atoms with Crippen LogP contribution in [0.25, 0.3) is 0 Å². The first-order valence-corrected chi connectivity index (χ1v) is 11.1. The van der Waals surface area contributed by atoms with Crippen molar-refractivity contribution in [1.29, 1.82) is 0 Å². The molecule has 7 heteroatoms. The maximum Gasteiger partial charge on any atom is 0.239 e. The highest BCUT2D eigenvalue weighted by atomic mass is 16.5. The van der Waals surface area contributed by atoms with Crippen molar-refractivity contribution in [3.63, 3.8) is 0 Å². The van der Waals surface area contributed by atoms with Crippen molar-refractivity contribution in [2.24, 2.45) is 4.99 Å². The van der Waals surface area contributed by atoms with Crippen LogP contribution in [0.15, 0.2) is 4.99 Å². The molecule has 162 valence electrons. The summed E-state index contributed by atoms with van der Waals surface area (Å²) in [6.07, 6.45) is 11.1.